The Morgan fingerprint density at radius 2 is 2.08 bits per heavy atom. The van der Waals surface area contributed by atoms with Crippen LogP contribution in [0.25, 0.3) is 0 Å². The lowest BCUT2D eigenvalue weighted by Crippen LogP contribution is -2.26. The Morgan fingerprint density at radius 3 is 2.92 bits per heavy atom. The molecule has 4 nitrogen and oxygen atoms in total. The van der Waals surface area contributed by atoms with Crippen molar-refractivity contribution in [3.63, 3.8) is 0 Å². The standard InChI is InChI=1S/C22H28N4/c1-16-14-21(23-13-12-18-8-4-3-5-9-18)25-22(24-16)26-17(2)15-19-10-6-7-11-20(19)26/h6-8,10-11,14,17H,3-5,9,12-13,15H2,1-2H3,(H,23,24,25). The van der Waals surface area contributed by atoms with Crippen LogP contribution in [0.15, 0.2) is 42.0 Å². The third-order valence-electron chi connectivity index (χ3n) is 5.40. The minimum atomic E-state index is 0.384. The SMILES string of the molecule is Cc1cc(NCCC2=CCCCC2)nc(N2c3ccccc3CC2C)n1. The van der Waals surface area contributed by atoms with Crippen molar-refractivity contribution in [1.82, 2.24) is 9.97 Å². The molecule has 0 spiro atoms. The Bertz CT molecular complexity index is 812. The summed E-state index contributed by atoms with van der Waals surface area (Å²) in [4.78, 5) is 11.8. The van der Waals surface area contributed by atoms with E-state index in [4.69, 9.17) is 9.97 Å². The topological polar surface area (TPSA) is 41.1 Å². The number of anilines is 3. The highest BCUT2D eigenvalue weighted by Gasteiger charge is 2.28. The third kappa shape index (κ3) is 3.59. The van der Waals surface area contributed by atoms with Gasteiger partial charge >= 0.3 is 0 Å². The minimum Gasteiger partial charge on any atom is -0.370 e. The summed E-state index contributed by atoms with van der Waals surface area (Å²) in [7, 11) is 0. The van der Waals surface area contributed by atoms with E-state index >= 15 is 0 Å². The predicted molar refractivity (Wildman–Crippen MR) is 108 cm³/mol. The van der Waals surface area contributed by atoms with Gasteiger partial charge in [-0.15, -0.1) is 0 Å². The molecule has 1 atom stereocenters. The van der Waals surface area contributed by atoms with Gasteiger partial charge in [0.15, 0.2) is 0 Å². The van der Waals surface area contributed by atoms with Crippen molar-refractivity contribution in [1.29, 1.82) is 0 Å². The molecule has 4 rings (SSSR count). The summed E-state index contributed by atoms with van der Waals surface area (Å²) in [5.41, 5.74) is 5.22. The number of allylic oxidation sites excluding steroid dienone is 1. The molecule has 0 amide bonds. The number of aromatic nitrogens is 2. The molecule has 26 heavy (non-hydrogen) atoms. The number of rotatable bonds is 5. The monoisotopic (exact) mass is 348 g/mol. The summed E-state index contributed by atoms with van der Waals surface area (Å²) in [6.45, 7) is 5.23. The van der Waals surface area contributed by atoms with Crippen LogP contribution in [0, 0.1) is 6.92 Å². The molecular formula is C22H28N4. The second kappa shape index (κ2) is 7.48. The molecule has 2 heterocycles. The van der Waals surface area contributed by atoms with Gasteiger partial charge in [0.25, 0.3) is 0 Å². The third-order valence-corrected chi connectivity index (χ3v) is 5.40. The Kier molecular flexibility index (Phi) is 4.91. The summed E-state index contributed by atoms with van der Waals surface area (Å²) < 4.78 is 0. The maximum atomic E-state index is 4.83. The van der Waals surface area contributed by atoms with E-state index in [0.717, 1.165) is 36.8 Å². The van der Waals surface area contributed by atoms with Gasteiger partial charge in [0, 0.05) is 30.0 Å². The number of hydrogen-bond acceptors (Lipinski definition) is 4. The van der Waals surface area contributed by atoms with Crippen molar-refractivity contribution in [3.8, 4) is 0 Å². The fourth-order valence-corrected chi connectivity index (χ4v) is 4.10. The highest BCUT2D eigenvalue weighted by molar-refractivity contribution is 5.67. The van der Waals surface area contributed by atoms with Gasteiger partial charge in [0.1, 0.15) is 5.82 Å². The molecule has 2 aliphatic rings. The highest BCUT2D eigenvalue weighted by Crippen LogP contribution is 2.36. The van der Waals surface area contributed by atoms with E-state index in [-0.39, 0.29) is 0 Å². The maximum absolute atomic E-state index is 4.83. The Labute approximate surface area is 156 Å². The maximum Gasteiger partial charge on any atom is 0.232 e. The fourth-order valence-electron chi connectivity index (χ4n) is 4.10. The molecular weight excluding hydrogens is 320 g/mol. The van der Waals surface area contributed by atoms with Gasteiger partial charge in [-0.3, -0.25) is 0 Å². The molecule has 1 unspecified atom stereocenters. The molecule has 0 fully saturated rings. The molecule has 0 saturated carbocycles. The van der Waals surface area contributed by atoms with E-state index in [2.05, 4.69) is 47.5 Å². The van der Waals surface area contributed by atoms with Crippen LogP contribution in [0.5, 0.6) is 0 Å². The average molecular weight is 348 g/mol. The normalized spacial score (nSPS) is 19.2. The quantitative estimate of drug-likeness (QED) is 0.757. The van der Waals surface area contributed by atoms with Crippen molar-refractivity contribution in [2.45, 2.75) is 58.4 Å². The molecule has 1 aliphatic heterocycles. The van der Waals surface area contributed by atoms with Gasteiger partial charge in [-0.2, -0.15) is 4.98 Å². The van der Waals surface area contributed by atoms with Crippen LogP contribution >= 0.6 is 0 Å². The number of nitrogens with zero attached hydrogens (tertiary/aromatic N) is 3. The average Bonchev–Trinajstić information content (AvgIpc) is 2.98. The Morgan fingerprint density at radius 1 is 1.19 bits per heavy atom. The lowest BCUT2D eigenvalue weighted by atomic mass is 9.97. The van der Waals surface area contributed by atoms with E-state index in [0.29, 0.717) is 6.04 Å². The van der Waals surface area contributed by atoms with Gasteiger partial charge in [-0.1, -0.05) is 29.8 Å². The molecule has 0 saturated heterocycles. The highest BCUT2D eigenvalue weighted by atomic mass is 15.3. The van der Waals surface area contributed by atoms with Crippen molar-refractivity contribution in [2.75, 3.05) is 16.8 Å². The predicted octanol–water partition coefficient (Wildman–Crippen LogP) is 5.17. The van der Waals surface area contributed by atoms with Crippen LogP contribution in [0.1, 0.15) is 50.3 Å². The van der Waals surface area contributed by atoms with E-state index in [9.17, 15) is 0 Å². The zero-order valence-corrected chi connectivity index (χ0v) is 15.8. The fraction of sp³-hybridized carbons (Fsp3) is 0.455. The number of para-hydroxylation sites is 1. The van der Waals surface area contributed by atoms with Crippen molar-refractivity contribution in [3.05, 3.63) is 53.2 Å². The van der Waals surface area contributed by atoms with Gasteiger partial charge in [-0.05, 0) is 64.0 Å². The second-order valence-electron chi connectivity index (χ2n) is 7.53. The van der Waals surface area contributed by atoms with Crippen molar-refractivity contribution < 1.29 is 0 Å². The molecule has 2 aromatic rings. The first-order valence-corrected chi connectivity index (χ1v) is 9.85. The smallest absolute Gasteiger partial charge is 0.232 e. The van der Waals surface area contributed by atoms with Gasteiger partial charge in [-0.25, -0.2) is 4.98 Å². The van der Waals surface area contributed by atoms with E-state index in [1.807, 2.05) is 13.0 Å². The van der Waals surface area contributed by atoms with Crippen LogP contribution in [-0.4, -0.2) is 22.6 Å². The first-order chi connectivity index (χ1) is 12.7. The lowest BCUT2D eigenvalue weighted by Gasteiger charge is -2.23. The molecule has 0 bridgehead atoms. The van der Waals surface area contributed by atoms with Gasteiger partial charge in [0.05, 0.1) is 0 Å². The van der Waals surface area contributed by atoms with Crippen LogP contribution in [-0.2, 0) is 6.42 Å². The number of benzene rings is 1. The van der Waals surface area contributed by atoms with Gasteiger partial charge < -0.3 is 10.2 Å². The first-order valence-electron chi connectivity index (χ1n) is 9.85. The minimum absolute atomic E-state index is 0.384. The molecule has 1 aromatic heterocycles. The van der Waals surface area contributed by atoms with Gasteiger partial charge in [0.2, 0.25) is 5.95 Å². The number of hydrogen-bond donors (Lipinski definition) is 1. The Balaban J connectivity index is 1.50. The van der Waals surface area contributed by atoms with Crippen LogP contribution in [0.2, 0.25) is 0 Å². The molecule has 4 heteroatoms. The molecule has 136 valence electrons. The summed E-state index contributed by atoms with van der Waals surface area (Å²) in [5.74, 6) is 1.74. The van der Waals surface area contributed by atoms with E-state index < -0.39 is 0 Å². The largest absolute Gasteiger partial charge is 0.370 e. The van der Waals surface area contributed by atoms with Crippen molar-refractivity contribution in [2.24, 2.45) is 0 Å². The van der Waals surface area contributed by atoms with Crippen LogP contribution in [0.4, 0.5) is 17.5 Å². The van der Waals surface area contributed by atoms with Crippen LogP contribution in [0.3, 0.4) is 0 Å². The Hall–Kier alpha value is -2.36. The van der Waals surface area contributed by atoms with E-state index in [1.54, 1.807) is 5.57 Å². The molecule has 1 aliphatic carbocycles. The molecule has 1 aromatic carbocycles. The van der Waals surface area contributed by atoms with E-state index in [1.165, 1.54) is 36.9 Å². The summed E-state index contributed by atoms with van der Waals surface area (Å²) in [5, 5.41) is 3.52. The van der Waals surface area contributed by atoms with Crippen molar-refractivity contribution >= 4 is 17.5 Å². The first kappa shape index (κ1) is 17.1. The number of nitrogens with one attached hydrogen (secondary N) is 1. The second-order valence-corrected chi connectivity index (χ2v) is 7.53. The molecule has 1 N–H and O–H groups in total. The summed E-state index contributed by atoms with van der Waals surface area (Å²) >= 11 is 0. The van der Waals surface area contributed by atoms with Crippen LogP contribution < -0.4 is 10.2 Å². The number of fused-ring (bicyclic) bond motifs is 1. The molecule has 0 radical (unpaired) electrons. The number of aryl methyl sites for hydroxylation is 1. The lowest BCUT2D eigenvalue weighted by molar-refractivity contribution is 0.679. The zero-order valence-electron chi connectivity index (χ0n) is 15.8. The summed E-state index contributed by atoms with van der Waals surface area (Å²) in [6.07, 6.45) is 9.78. The summed E-state index contributed by atoms with van der Waals surface area (Å²) in [6, 6.07) is 11.0. The zero-order chi connectivity index (χ0) is 17.9.